The Bertz CT molecular complexity index is 549. The van der Waals surface area contributed by atoms with Crippen molar-refractivity contribution in [3.8, 4) is 0 Å². The molecule has 0 aromatic heterocycles. The molecular formula is C19H27NO3. The first-order valence-corrected chi connectivity index (χ1v) is 8.48. The number of hydrogen-bond acceptors (Lipinski definition) is 3. The lowest BCUT2D eigenvalue weighted by molar-refractivity contribution is -0.145. The van der Waals surface area contributed by atoms with Crippen molar-refractivity contribution in [2.24, 2.45) is 5.92 Å². The molecular weight excluding hydrogens is 290 g/mol. The molecule has 0 N–H and O–H groups in total. The van der Waals surface area contributed by atoms with Gasteiger partial charge in [0.05, 0.1) is 13.0 Å². The Labute approximate surface area is 138 Å². The lowest BCUT2D eigenvalue weighted by Gasteiger charge is -2.35. The van der Waals surface area contributed by atoms with Gasteiger partial charge in [0.2, 0.25) is 0 Å². The van der Waals surface area contributed by atoms with Crippen molar-refractivity contribution < 1.29 is 14.3 Å². The molecule has 2 rings (SSSR count). The molecule has 1 saturated carbocycles. The standard InChI is InChI=1S/C19H27NO3/c1-14-8-7-9-16(12-14)18(21)20(13-15(2)19(22)23-3)17-10-5-4-6-11-17/h7-9,12,15,17H,4-6,10-11,13H2,1-3H3. The second kappa shape index (κ2) is 8.14. The van der Waals surface area contributed by atoms with Gasteiger partial charge in [0.25, 0.3) is 5.91 Å². The maximum absolute atomic E-state index is 13.0. The number of benzene rings is 1. The van der Waals surface area contributed by atoms with Crippen molar-refractivity contribution in [1.82, 2.24) is 4.90 Å². The largest absolute Gasteiger partial charge is 0.469 e. The molecule has 1 amide bonds. The van der Waals surface area contributed by atoms with E-state index in [1.165, 1.54) is 13.5 Å². The topological polar surface area (TPSA) is 46.6 Å². The highest BCUT2D eigenvalue weighted by molar-refractivity contribution is 5.95. The maximum Gasteiger partial charge on any atom is 0.310 e. The van der Waals surface area contributed by atoms with Crippen LogP contribution >= 0.6 is 0 Å². The molecule has 1 unspecified atom stereocenters. The van der Waals surface area contributed by atoms with Crippen molar-refractivity contribution in [3.63, 3.8) is 0 Å². The van der Waals surface area contributed by atoms with Gasteiger partial charge in [-0.05, 0) is 31.9 Å². The summed E-state index contributed by atoms with van der Waals surface area (Å²) in [5.74, 6) is -0.546. The minimum absolute atomic E-state index is 0.0244. The molecule has 4 heteroatoms. The van der Waals surface area contributed by atoms with E-state index in [9.17, 15) is 9.59 Å². The highest BCUT2D eigenvalue weighted by Gasteiger charge is 2.29. The van der Waals surface area contributed by atoms with Crippen LogP contribution < -0.4 is 0 Å². The summed E-state index contributed by atoms with van der Waals surface area (Å²) in [6, 6.07) is 7.89. The molecule has 1 atom stereocenters. The molecule has 23 heavy (non-hydrogen) atoms. The van der Waals surface area contributed by atoms with Crippen LogP contribution in [0.2, 0.25) is 0 Å². The van der Waals surface area contributed by atoms with E-state index in [-0.39, 0.29) is 23.8 Å². The predicted octanol–water partition coefficient (Wildman–Crippen LogP) is 3.58. The fourth-order valence-electron chi connectivity index (χ4n) is 3.31. The summed E-state index contributed by atoms with van der Waals surface area (Å²) in [5.41, 5.74) is 1.77. The number of esters is 1. The first-order chi connectivity index (χ1) is 11.0. The molecule has 0 spiro atoms. The van der Waals surface area contributed by atoms with E-state index in [4.69, 9.17) is 4.74 Å². The van der Waals surface area contributed by atoms with E-state index in [1.807, 2.05) is 43.0 Å². The monoisotopic (exact) mass is 317 g/mol. The summed E-state index contributed by atoms with van der Waals surface area (Å²) in [5, 5.41) is 0. The summed E-state index contributed by atoms with van der Waals surface area (Å²) in [4.78, 5) is 26.7. The van der Waals surface area contributed by atoms with E-state index in [1.54, 1.807) is 0 Å². The molecule has 0 aliphatic heterocycles. The number of carbonyl (C=O) groups is 2. The van der Waals surface area contributed by atoms with E-state index >= 15 is 0 Å². The van der Waals surface area contributed by atoms with E-state index < -0.39 is 0 Å². The van der Waals surface area contributed by atoms with Crippen LogP contribution in [0, 0.1) is 12.8 Å². The zero-order chi connectivity index (χ0) is 16.8. The first kappa shape index (κ1) is 17.5. The number of ether oxygens (including phenoxy) is 1. The molecule has 0 saturated heterocycles. The summed E-state index contributed by atoms with van der Waals surface area (Å²) in [6.07, 6.45) is 5.57. The molecule has 1 fully saturated rings. The minimum atomic E-state index is -0.310. The molecule has 1 aromatic carbocycles. The van der Waals surface area contributed by atoms with Crippen LogP contribution in [0.5, 0.6) is 0 Å². The van der Waals surface area contributed by atoms with Crippen molar-refractivity contribution >= 4 is 11.9 Å². The second-order valence-electron chi connectivity index (χ2n) is 6.54. The quantitative estimate of drug-likeness (QED) is 0.780. The van der Waals surface area contributed by atoms with Crippen LogP contribution in [0.1, 0.15) is 54.9 Å². The number of nitrogens with zero attached hydrogens (tertiary/aromatic N) is 1. The Balaban J connectivity index is 2.21. The number of carbonyl (C=O) groups excluding carboxylic acids is 2. The van der Waals surface area contributed by atoms with Crippen LogP contribution in [0.15, 0.2) is 24.3 Å². The fourth-order valence-corrected chi connectivity index (χ4v) is 3.31. The average Bonchev–Trinajstić information content (AvgIpc) is 2.58. The van der Waals surface area contributed by atoms with Crippen molar-refractivity contribution in [3.05, 3.63) is 35.4 Å². The Morgan fingerprint density at radius 1 is 1.26 bits per heavy atom. The van der Waals surface area contributed by atoms with Gasteiger partial charge < -0.3 is 9.64 Å². The second-order valence-corrected chi connectivity index (χ2v) is 6.54. The van der Waals surface area contributed by atoms with Crippen molar-refractivity contribution in [1.29, 1.82) is 0 Å². The van der Waals surface area contributed by atoms with Crippen LogP contribution in [0.25, 0.3) is 0 Å². The smallest absolute Gasteiger partial charge is 0.310 e. The van der Waals surface area contributed by atoms with E-state index in [0.29, 0.717) is 12.1 Å². The molecule has 126 valence electrons. The van der Waals surface area contributed by atoms with Gasteiger partial charge in [-0.15, -0.1) is 0 Å². The number of hydrogen-bond donors (Lipinski definition) is 0. The van der Waals surface area contributed by atoms with Crippen LogP contribution in [0.3, 0.4) is 0 Å². The number of aryl methyl sites for hydroxylation is 1. The van der Waals surface area contributed by atoms with Crippen LogP contribution in [-0.2, 0) is 9.53 Å². The number of methoxy groups -OCH3 is 1. The average molecular weight is 317 g/mol. The van der Waals surface area contributed by atoms with Crippen molar-refractivity contribution in [2.75, 3.05) is 13.7 Å². The van der Waals surface area contributed by atoms with Crippen LogP contribution in [-0.4, -0.2) is 36.5 Å². The van der Waals surface area contributed by atoms with Crippen LogP contribution in [0.4, 0.5) is 0 Å². The Hall–Kier alpha value is -1.84. The van der Waals surface area contributed by atoms with Gasteiger partial charge in [-0.1, -0.05) is 43.9 Å². The highest BCUT2D eigenvalue weighted by Crippen LogP contribution is 2.25. The minimum Gasteiger partial charge on any atom is -0.469 e. The third kappa shape index (κ3) is 4.57. The Kier molecular flexibility index (Phi) is 6.20. The highest BCUT2D eigenvalue weighted by atomic mass is 16.5. The predicted molar refractivity (Wildman–Crippen MR) is 90.3 cm³/mol. The zero-order valence-corrected chi connectivity index (χ0v) is 14.4. The Morgan fingerprint density at radius 3 is 2.57 bits per heavy atom. The number of amides is 1. The first-order valence-electron chi connectivity index (χ1n) is 8.48. The van der Waals surface area contributed by atoms with Gasteiger partial charge in [0.15, 0.2) is 0 Å². The molecule has 1 aliphatic rings. The molecule has 4 nitrogen and oxygen atoms in total. The lowest BCUT2D eigenvalue weighted by Crippen LogP contribution is -2.45. The molecule has 0 bridgehead atoms. The summed E-state index contributed by atoms with van der Waals surface area (Å²) < 4.78 is 4.83. The lowest BCUT2D eigenvalue weighted by atomic mass is 9.92. The SMILES string of the molecule is COC(=O)C(C)CN(C(=O)c1cccc(C)c1)C1CCCCC1. The van der Waals surface area contributed by atoms with E-state index in [0.717, 1.165) is 31.2 Å². The van der Waals surface area contributed by atoms with Gasteiger partial charge in [-0.25, -0.2) is 0 Å². The summed E-state index contributed by atoms with van der Waals surface area (Å²) >= 11 is 0. The normalized spacial score (nSPS) is 16.7. The van der Waals surface area contributed by atoms with E-state index in [2.05, 4.69) is 0 Å². The zero-order valence-electron chi connectivity index (χ0n) is 14.4. The molecule has 0 radical (unpaired) electrons. The molecule has 1 aromatic rings. The third-order valence-electron chi connectivity index (χ3n) is 4.62. The molecule has 0 heterocycles. The van der Waals surface area contributed by atoms with Gasteiger partial charge in [0, 0.05) is 18.2 Å². The van der Waals surface area contributed by atoms with Gasteiger partial charge in [-0.3, -0.25) is 9.59 Å². The third-order valence-corrected chi connectivity index (χ3v) is 4.62. The summed E-state index contributed by atoms with van der Waals surface area (Å²) in [6.45, 7) is 4.23. The fraction of sp³-hybridized carbons (Fsp3) is 0.579. The summed E-state index contributed by atoms with van der Waals surface area (Å²) in [7, 11) is 1.39. The molecule has 1 aliphatic carbocycles. The maximum atomic E-state index is 13.0. The number of rotatable bonds is 5. The van der Waals surface area contributed by atoms with Gasteiger partial charge >= 0.3 is 5.97 Å². The van der Waals surface area contributed by atoms with Gasteiger partial charge in [-0.2, -0.15) is 0 Å². The van der Waals surface area contributed by atoms with Crippen molar-refractivity contribution in [2.45, 2.75) is 52.0 Å². The Morgan fingerprint density at radius 2 is 1.96 bits per heavy atom. The van der Waals surface area contributed by atoms with Gasteiger partial charge in [0.1, 0.15) is 0 Å².